The molecule has 0 heterocycles. The predicted molar refractivity (Wildman–Crippen MR) is 52.8 cm³/mol. The highest BCUT2D eigenvalue weighted by atomic mass is 16.5. The maximum atomic E-state index is 9.96. The molecule has 0 atom stereocenters. The Balaban J connectivity index is 2.63. The second kappa shape index (κ2) is 5.27. The first-order chi connectivity index (χ1) is 6.72. The van der Waals surface area contributed by atoms with Crippen LogP contribution in [0.15, 0.2) is 24.3 Å². The van der Waals surface area contributed by atoms with Crippen LogP contribution in [0, 0.1) is 6.61 Å². The van der Waals surface area contributed by atoms with Gasteiger partial charge in [0.15, 0.2) is 6.61 Å². The van der Waals surface area contributed by atoms with Crippen LogP contribution in [-0.4, -0.2) is 12.6 Å². The average molecular weight is 193 g/mol. The summed E-state index contributed by atoms with van der Waals surface area (Å²) in [5, 5.41) is 0. The first-order valence-electron chi connectivity index (χ1n) is 4.41. The third-order valence-corrected chi connectivity index (χ3v) is 1.49. The van der Waals surface area contributed by atoms with E-state index in [2.05, 4.69) is 4.74 Å². The van der Waals surface area contributed by atoms with E-state index in [-0.39, 0.29) is 6.10 Å². The van der Waals surface area contributed by atoms with Crippen molar-refractivity contribution in [1.82, 2.24) is 0 Å². The maximum Gasteiger partial charge on any atom is 0.293 e. The maximum absolute atomic E-state index is 9.96. The molecule has 0 saturated heterocycles. The van der Waals surface area contributed by atoms with Gasteiger partial charge in [0, 0.05) is 5.56 Å². The summed E-state index contributed by atoms with van der Waals surface area (Å²) < 4.78 is 9.99. The van der Waals surface area contributed by atoms with E-state index in [1.165, 1.54) is 6.61 Å². The van der Waals surface area contributed by atoms with E-state index in [0.29, 0.717) is 6.47 Å². The molecule has 0 unspecified atom stereocenters. The molecule has 1 aromatic rings. The highest BCUT2D eigenvalue weighted by molar-refractivity contribution is 5.40. The van der Waals surface area contributed by atoms with Crippen molar-refractivity contribution >= 4 is 6.47 Å². The predicted octanol–water partition coefficient (Wildman–Crippen LogP) is 2.16. The zero-order valence-electron chi connectivity index (χ0n) is 8.27. The van der Waals surface area contributed by atoms with Crippen molar-refractivity contribution in [3.05, 3.63) is 36.4 Å². The fourth-order valence-electron chi connectivity index (χ4n) is 1.04. The van der Waals surface area contributed by atoms with Crippen molar-refractivity contribution in [1.29, 1.82) is 0 Å². The molecular formula is C11H13O3. The van der Waals surface area contributed by atoms with Gasteiger partial charge in [-0.15, -0.1) is 0 Å². The fraction of sp³-hybridized carbons (Fsp3) is 0.273. The Hall–Kier alpha value is -1.51. The molecule has 0 amide bonds. The molecule has 0 aliphatic heterocycles. The van der Waals surface area contributed by atoms with Gasteiger partial charge in [-0.1, -0.05) is 12.1 Å². The van der Waals surface area contributed by atoms with Gasteiger partial charge in [-0.3, -0.25) is 4.79 Å². The number of benzene rings is 1. The Morgan fingerprint density at radius 2 is 2.14 bits per heavy atom. The molecule has 0 spiro atoms. The van der Waals surface area contributed by atoms with Crippen LogP contribution < -0.4 is 4.74 Å². The highest BCUT2D eigenvalue weighted by Crippen LogP contribution is 2.15. The van der Waals surface area contributed by atoms with Crippen molar-refractivity contribution in [2.45, 2.75) is 20.0 Å². The molecule has 0 aliphatic carbocycles. The van der Waals surface area contributed by atoms with Crippen LogP contribution in [0.1, 0.15) is 19.4 Å². The van der Waals surface area contributed by atoms with Gasteiger partial charge < -0.3 is 9.47 Å². The van der Waals surface area contributed by atoms with E-state index >= 15 is 0 Å². The first-order valence-corrected chi connectivity index (χ1v) is 4.41. The Morgan fingerprint density at radius 3 is 2.79 bits per heavy atom. The molecule has 0 saturated carbocycles. The van der Waals surface area contributed by atoms with Crippen molar-refractivity contribution in [3.8, 4) is 5.75 Å². The van der Waals surface area contributed by atoms with Gasteiger partial charge in [0.2, 0.25) is 0 Å². The smallest absolute Gasteiger partial charge is 0.293 e. The highest BCUT2D eigenvalue weighted by Gasteiger charge is 1.99. The summed E-state index contributed by atoms with van der Waals surface area (Å²) in [6.07, 6.45) is 0.136. The molecule has 1 aromatic carbocycles. The Bertz CT molecular complexity index is 294. The molecule has 0 fully saturated rings. The van der Waals surface area contributed by atoms with Crippen LogP contribution in [0.25, 0.3) is 0 Å². The van der Waals surface area contributed by atoms with Gasteiger partial charge in [-0.25, -0.2) is 0 Å². The molecule has 0 bridgehead atoms. The Kier molecular flexibility index (Phi) is 3.98. The van der Waals surface area contributed by atoms with Gasteiger partial charge in [-0.05, 0) is 26.0 Å². The van der Waals surface area contributed by atoms with Gasteiger partial charge in [0.25, 0.3) is 6.47 Å². The number of ether oxygens (including phenoxy) is 2. The van der Waals surface area contributed by atoms with Crippen LogP contribution in [0.2, 0.25) is 0 Å². The number of rotatable bonds is 5. The summed E-state index contributed by atoms with van der Waals surface area (Å²) in [5.74, 6) is 0.767. The van der Waals surface area contributed by atoms with Gasteiger partial charge in [-0.2, -0.15) is 0 Å². The molecule has 75 valence electrons. The van der Waals surface area contributed by atoms with E-state index in [0.717, 1.165) is 11.3 Å². The lowest BCUT2D eigenvalue weighted by Gasteiger charge is -2.10. The first kappa shape index (κ1) is 10.6. The Labute approximate surface area is 83.6 Å². The summed E-state index contributed by atoms with van der Waals surface area (Å²) >= 11 is 0. The summed E-state index contributed by atoms with van der Waals surface area (Å²) in [4.78, 5) is 9.96. The second-order valence-corrected chi connectivity index (χ2v) is 3.09. The van der Waals surface area contributed by atoms with E-state index in [4.69, 9.17) is 4.74 Å². The number of hydrogen-bond donors (Lipinski definition) is 0. The standard InChI is InChI=1S/C11H13O3/c1-9(2)14-11-5-3-4-10(6-11)7-13-8-12/h3-9H,1-2H3. The molecule has 1 radical (unpaired) electrons. The van der Waals surface area contributed by atoms with Gasteiger partial charge in [0.1, 0.15) is 5.75 Å². The van der Waals surface area contributed by atoms with E-state index < -0.39 is 0 Å². The lowest BCUT2D eigenvalue weighted by atomic mass is 10.2. The second-order valence-electron chi connectivity index (χ2n) is 3.09. The number of hydrogen-bond acceptors (Lipinski definition) is 3. The van der Waals surface area contributed by atoms with E-state index in [1.54, 1.807) is 0 Å². The SMILES string of the molecule is CC(C)Oc1cccc([CH]OC=O)c1. The quantitative estimate of drug-likeness (QED) is 0.672. The topological polar surface area (TPSA) is 35.5 Å². The van der Waals surface area contributed by atoms with Gasteiger partial charge >= 0.3 is 0 Å². The number of carbonyl (C=O) groups excluding carboxylic acids is 1. The van der Waals surface area contributed by atoms with Crippen LogP contribution in [0.3, 0.4) is 0 Å². The minimum atomic E-state index is 0.136. The molecular weight excluding hydrogens is 180 g/mol. The van der Waals surface area contributed by atoms with E-state index in [1.807, 2.05) is 38.1 Å². The fourth-order valence-corrected chi connectivity index (χ4v) is 1.04. The summed E-state index contributed by atoms with van der Waals surface area (Å²) in [6.45, 7) is 5.67. The summed E-state index contributed by atoms with van der Waals surface area (Å²) in [6, 6.07) is 7.34. The van der Waals surface area contributed by atoms with Crippen molar-refractivity contribution < 1.29 is 14.3 Å². The van der Waals surface area contributed by atoms with Crippen LogP contribution in [0.5, 0.6) is 5.75 Å². The lowest BCUT2D eigenvalue weighted by molar-refractivity contribution is -0.125. The summed E-state index contributed by atoms with van der Waals surface area (Å²) in [5.41, 5.74) is 0.801. The average Bonchev–Trinajstić information content (AvgIpc) is 2.14. The van der Waals surface area contributed by atoms with Crippen LogP contribution in [-0.2, 0) is 9.53 Å². The zero-order chi connectivity index (χ0) is 10.4. The minimum Gasteiger partial charge on any atom is -0.491 e. The molecule has 0 aromatic heterocycles. The molecule has 0 aliphatic rings. The van der Waals surface area contributed by atoms with Crippen LogP contribution in [0.4, 0.5) is 0 Å². The molecule has 14 heavy (non-hydrogen) atoms. The van der Waals surface area contributed by atoms with Crippen molar-refractivity contribution in [3.63, 3.8) is 0 Å². The zero-order valence-corrected chi connectivity index (χ0v) is 8.27. The molecule has 3 heteroatoms. The normalized spacial score (nSPS) is 9.93. The van der Waals surface area contributed by atoms with Crippen molar-refractivity contribution in [2.75, 3.05) is 0 Å². The number of carbonyl (C=O) groups is 1. The summed E-state index contributed by atoms with van der Waals surface area (Å²) in [7, 11) is 0. The largest absolute Gasteiger partial charge is 0.491 e. The third kappa shape index (κ3) is 3.47. The van der Waals surface area contributed by atoms with E-state index in [9.17, 15) is 4.79 Å². The minimum absolute atomic E-state index is 0.136. The van der Waals surface area contributed by atoms with Crippen molar-refractivity contribution in [2.24, 2.45) is 0 Å². The van der Waals surface area contributed by atoms with Gasteiger partial charge in [0.05, 0.1) is 6.10 Å². The molecule has 0 N–H and O–H groups in total. The third-order valence-electron chi connectivity index (χ3n) is 1.49. The molecule has 3 nitrogen and oxygen atoms in total. The van der Waals surface area contributed by atoms with Crippen LogP contribution >= 0.6 is 0 Å². The molecule has 1 rings (SSSR count). The lowest BCUT2D eigenvalue weighted by Crippen LogP contribution is -2.05. The monoisotopic (exact) mass is 193 g/mol. The Morgan fingerprint density at radius 1 is 1.36 bits per heavy atom.